The fraction of sp³-hybridized carbons (Fsp3) is 0.429. The van der Waals surface area contributed by atoms with Gasteiger partial charge in [-0.2, -0.15) is 18.4 Å². The highest BCUT2D eigenvalue weighted by Crippen LogP contribution is 2.39. The van der Waals surface area contributed by atoms with Crippen molar-refractivity contribution in [1.29, 1.82) is 5.26 Å². The van der Waals surface area contributed by atoms with Crippen molar-refractivity contribution in [3.05, 3.63) is 52.8 Å². The Bertz CT molecular complexity index is 988. The molecule has 0 saturated carbocycles. The smallest absolute Gasteiger partial charge is 0.391 e. The van der Waals surface area contributed by atoms with E-state index in [1.54, 1.807) is 0 Å². The van der Waals surface area contributed by atoms with Gasteiger partial charge in [0, 0.05) is 29.0 Å². The fourth-order valence-corrected chi connectivity index (χ4v) is 4.68. The van der Waals surface area contributed by atoms with Gasteiger partial charge in [-0.15, -0.1) is 0 Å². The maximum Gasteiger partial charge on any atom is 0.431 e. The zero-order valence-corrected chi connectivity index (χ0v) is 15.8. The highest BCUT2D eigenvalue weighted by molar-refractivity contribution is 5.99. The fourth-order valence-electron chi connectivity index (χ4n) is 4.68. The van der Waals surface area contributed by atoms with Crippen LogP contribution in [0.3, 0.4) is 0 Å². The third-order valence-electron chi connectivity index (χ3n) is 6.07. The molecule has 2 saturated heterocycles. The number of nitrogens with zero attached hydrogens (tertiary/aromatic N) is 3. The molecule has 2 bridgehead atoms. The summed E-state index contributed by atoms with van der Waals surface area (Å²) in [7, 11) is 0. The molecule has 1 aromatic carbocycles. The summed E-state index contributed by atoms with van der Waals surface area (Å²) < 4.78 is 42.1. The largest absolute Gasteiger partial charge is 0.431 e. The minimum absolute atomic E-state index is 0.00190. The number of hydrogen-bond donors (Lipinski definition) is 1. The Balaban J connectivity index is 1.70. The number of carbonyl (C=O) groups is 1. The summed E-state index contributed by atoms with van der Waals surface area (Å²) in [5.41, 5.74) is -0.106. The van der Waals surface area contributed by atoms with Gasteiger partial charge in [-0.25, -0.2) is 0 Å². The van der Waals surface area contributed by atoms with Crippen LogP contribution in [0, 0.1) is 18.3 Å². The third kappa shape index (κ3) is 3.34. The first kappa shape index (κ1) is 19.7. The Morgan fingerprint density at radius 2 is 1.97 bits per heavy atom. The highest BCUT2D eigenvalue weighted by Gasteiger charge is 2.46. The predicted octanol–water partition coefficient (Wildman–Crippen LogP) is 3.46. The Labute approximate surface area is 166 Å². The zero-order valence-electron chi connectivity index (χ0n) is 15.8. The van der Waals surface area contributed by atoms with E-state index in [9.17, 15) is 23.1 Å². The lowest BCUT2D eigenvalue weighted by molar-refractivity contribution is -0.142. The summed E-state index contributed by atoms with van der Waals surface area (Å²) in [5, 5.41) is 19.0. The quantitative estimate of drug-likeness (QED) is 0.794. The molecule has 8 heteroatoms. The van der Waals surface area contributed by atoms with E-state index >= 15 is 0 Å². The van der Waals surface area contributed by atoms with Crippen molar-refractivity contribution in [1.82, 2.24) is 9.47 Å². The number of Topliss-reactive ketones (excluding diaryl/α,β-unsaturated/α-hetero) is 1. The van der Waals surface area contributed by atoms with Gasteiger partial charge in [0.1, 0.15) is 5.69 Å². The average Bonchev–Trinajstić information content (AvgIpc) is 3.31. The van der Waals surface area contributed by atoms with Crippen LogP contribution in [0.25, 0.3) is 5.69 Å². The minimum atomic E-state index is -4.64. The van der Waals surface area contributed by atoms with Crippen LogP contribution in [-0.2, 0) is 6.18 Å². The van der Waals surface area contributed by atoms with Crippen LogP contribution in [0.15, 0.2) is 30.3 Å². The van der Waals surface area contributed by atoms with Crippen LogP contribution < -0.4 is 0 Å². The maximum absolute atomic E-state index is 13.7. The maximum atomic E-state index is 13.7. The molecule has 3 heterocycles. The normalized spacial score (nSPS) is 24.1. The van der Waals surface area contributed by atoms with E-state index in [1.807, 2.05) is 11.0 Å². The van der Waals surface area contributed by atoms with Gasteiger partial charge in [-0.3, -0.25) is 9.69 Å². The Morgan fingerprint density at radius 1 is 1.28 bits per heavy atom. The topological polar surface area (TPSA) is 69.3 Å². The number of alkyl halides is 3. The van der Waals surface area contributed by atoms with Crippen LogP contribution in [-0.4, -0.2) is 45.1 Å². The van der Waals surface area contributed by atoms with Gasteiger partial charge in [-0.1, -0.05) is 0 Å². The Kier molecular flexibility index (Phi) is 4.75. The Morgan fingerprint density at radius 3 is 2.48 bits per heavy atom. The molecule has 2 aliphatic heterocycles. The van der Waals surface area contributed by atoms with Crippen LogP contribution in [0.2, 0.25) is 0 Å². The molecule has 2 unspecified atom stereocenters. The number of carbonyl (C=O) groups excluding carboxylic acids is 1. The van der Waals surface area contributed by atoms with E-state index in [0.717, 1.165) is 23.5 Å². The van der Waals surface area contributed by atoms with Crippen LogP contribution in [0.4, 0.5) is 13.2 Å². The lowest BCUT2D eigenvalue weighted by atomic mass is 9.98. The van der Waals surface area contributed by atoms with Gasteiger partial charge in [0.25, 0.3) is 0 Å². The van der Waals surface area contributed by atoms with E-state index in [4.69, 9.17) is 5.26 Å². The van der Waals surface area contributed by atoms with Gasteiger partial charge in [0.2, 0.25) is 0 Å². The summed E-state index contributed by atoms with van der Waals surface area (Å²) in [5.74, 6) is -0.383. The first-order valence-electron chi connectivity index (χ1n) is 9.47. The van der Waals surface area contributed by atoms with Crippen LogP contribution in [0.5, 0.6) is 0 Å². The summed E-state index contributed by atoms with van der Waals surface area (Å²) in [6.45, 7) is 1.50. The SMILES string of the molecule is Cc1c(C(=O)CN2C3CCC2[C@H](O)C3)cc(C(F)(F)F)n1-c1ccc(C#N)cc1. The second-order valence-electron chi connectivity index (χ2n) is 7.72. The minimum Gasteiger partial charge on any atom is -0.391 e. The molecule has 29 heavy (non-hydrogen) atoms. The van der Waals surface area contributed by atoms with Gasteiger partial charge in [0.05, 0.1) is 24.3 Å². The lowest BCUT2D eigenvalue weighted by Crippen LogP contribution is -2.36. The molecular formula is C21H20F3N3O2. The first-order chi connectivity index (χ1) is 13.7. The van der Waals surface area contributed by atoms with Crippen molar-refractivity contribution >= 4 is 5.78 Å². The number of rotatable bonds is 4. The molecule has 2 aliphatic rings. The van der Waals surface area contributed by atoms with E-state index in [1.165, 1.54) is 31.2 Å². The third-order valence-corrected chi connectivity index (χ3v) is 6.07. The van der Waals surface area contributed by atoms with Crippen molar-refractivity contribution in [2.45, 2.75) is 50.6 Å². The molecule has 3 atom stereocenters. The van der Waals surface area contributed by atoms with Crippen molar-refractivity contribution in [3.63, 3.8) is 0 Å². The van der Waals surface area contributed by atoms with Crippen LogP contribution >= 0.6 is 0 Å². The molecule has 1 N–H and O–H groups in total. The molecule has 1 aromatic heterocycles. The van der Waals surface area contributed by atoms with Gasteiger partial charge in [-0.05, 0) is 56.5 Å². The summed E-state index contributed by atoms with van der Waals surface area (Å²) in [6, 6.07) is 8.63. The average molecular weight is 403 g/mol. The standard InChI is InChI=1S/C21H20F3N3O2/c1-12-16(19(29)11-26-15-6-7-17(26)18(28)8-15)9-20(21(22,23)24)27(12)14-4-2-13(10-25)3-5-14/h2-5,9,15,17-18,28H,6-8,11H2,1H3/t15?,17?,18-/m1/s1. The summed E-state index contributed by atoms with van der Waals surface area (Å²) >= 11 is 0. The van der Waals surface area contributed by atoms with E-state index < -0.39 is 18.0 Å². The molecule has 2 aromatic rings. The number of nitriles is 1. The Hall–Kier alpha value is -2.63. The molecule has 0 amide bonds. The van der Waals surface area contributed by atoms with Crippen LogP contribution in [0.1, 0.15) is 46.6 Å². The first-order valence-corrected chi connectivity index (χ1v) is 9.47. The van der Waals surface area contributed by atoms with Crippen molar-refractivity contribution in [3.8, 4) is 11.8 Å². The van der Waals surface area contributed by atoms with Crippen molar-refractivity contribution in [2.24, 2.45) is 0 Å². The number of benzene rings is 1. The second-order valence-corrected chi connectivity index (χ2v) is 7.72. The van der Waals surface area contributed by atoms with Gasteiger partial charge < -0.3 is 9.67 Å². The number of aliphatic hydroxyl groups excluding tert-OH is 1. The van der Waals surface area contributed by atoms with Crippen molar-refractivity contribution < 1.29 is 23.1 Å². The number of halogens is 3. The molecule has 0 radical (unpaired) electrons. The van der Waals surface area contributed by atoms with E-state index in [0.29, 0.717) is 12.0 Å². The van der Waals surface area contributed by atoms with E-state index in [-0.39, 0.29) is 41.4 Å². The zero-order chi connectivity index (χ0) is 20.9. The van der Waals surface area contributed by atoms with Gasteiger partial charge >= 0.3 is 6.18 Å². The predicted molar refractivity (Wildman–Crippen MR) is 98.7 cm³/mol. The second kappa shape index (κ2) is 7.01. The lowest BCUT2D eigenvalue weighted by Gasteiger charge is -2.21. The number of aromatic nitrogens is 1. The monoisotopic (exact) mass is 403 g/mol. The van der Waals surface area contributed by atoms with Crippen molar-refractivity contribution in [2.75, 3.05) is 6.54 Å². The summed E-state index contributed by atoms with van der Waals surface area (Å²) in [4.78, 5) is 14.9. The molecule has 2 fully saturated rings. The van der Waals surface area contributed by atoms with E-state index in [2.05, 4.69) is 0 Å². The molecule has 152 valence electrons. The number of fused-ring (bicyclic) bond motifs is 2. The molecule has 4 rings (SSSR count). The van der Waals surface area contributed by atoms with Gasteiger partial charge in [0.15, 0.2) is 5.78 Å². The molecule has 0 aliphatic carbocycles. The molecular weight excluding hydrogens is 383 g/mol. The highest BCUT2D eigenvalue weighted by atomic mass is 19.4. The molecule has 0 spiro atoms. The number of hydrogen-bond acceptors (Lipinski definition) is 4. The molecule has 5 nitrogen and oxygen atoms in total. The number of aliphatic hydroxyl groups is 1. The summed E-state index contributed by atoms with van der Waals surface area (Å²) in [6.07, 6.45) is -2.81. The number of ketones is 1.